The maximum absolute atomic E-state index is 13.5. The Kier molecular flexibility index (Phi) is 4.81. The molecule has 1 aliphatic heterocycles. The zero-order chi connectivity index (χ0) is 13.8. The van der Waals surface area contributed by atoms with E-state index < -0.39 is 0 Å². The Hall–Kier alpha value is -1.09. The van der Waals surface area contributed by atoms with Gasteiger partial charge in [-0.2, -0.15) is 0 Å². The van der Waals surface area contributed by atoms with E-state index in [0.29, 0.717) is 0 Å². The first-order chi connectivity index (χ1) is 9.15. The molecule has 1 aromatic carbocycles. The van der Waals surface area contributed by atoms with Crippen LogP contribution in [0.25, 0.3) is 0 Å². The maximum Gasteiger partial charge on any atom is 0.123 e. The molecule has 19 heavy (non-hydrogen) atoms. The van der Waals surface area contributed by atoms with Crippen molar-refractivity contribution in [2.75, 3.05) is 25.0 Å². The topological polar surface area (TPSA) is 15.3 Å². The second kappa shape index (κ2) is 6.38. The van der Waals surface area contributed by atoms with Crippen LogP contribution in [0.2, 0.25) is 0 Å². The van der Waals surface area contributed by atoms with Crippen molar-refractivity contribution in [1.82, 2.24) is 5.32 Å². The molecule has 1 aliphatic rings. The van der Waals surface area contributed by atoms with E-state index >= 15 is 0 Å². The second-order valence-corrected chi connectivity index (χ2v) is 5.60. The molecule has 0 aromatic heterocycles. The van der Waals surface area contributed by atoms with Crippen molar-refractivity contribution in [1.29, 1.82) is 0 Å². The summed E-state index contributed by atoms with van der Waals surface area (Å²) >= 11 is 0. The van der Waals surface area contributed by atoms with E-state index in [-0.39, 0.29) is 11.9 Å². The van der Waals surface area contributed by atoms with Crippen LogP contribution in [-0.2, 0) is 0 Å². The SMILES string of the molecule is CCCC1CCN(c2ccc(F)cc2C(C)NC)C1. The van der Waals surface area contributed by atoms with E-state index in [2.05, 4.69) is 24.1 Å². The average Bonchev–Trinajstić information content (AvgIpc) is 2.86. The molecule has 0 bridgehead atoms. The molecule has 1 N–H and O–H groups in total. The lowest BCUT2D eigenvalue weighted by molar-refractivity contribution is 0.529. The Morgan fingerprint density at radius 2 is 2.26 bits per heavy atom. The molecule has 106 valence electrons. The van der Waals surface area contributed by atoms with Gasteiger partial charge in [-0.15, -0.1) is 0 Å². The molecule has 0 radical (unpaired) electrons. The number of rotatable bonds is 5. The Morgan fingerprint density at radius 1 is 1.47 bits per heavy atom. The van der Waals surface area contributed by atoms with E-state index in [1.807, 2.05) is 13.1 Å². The quantitative estimate of drug-likeness (QED) is 0.871. The van der Waals surface area contributed by atoms with Crippen molar-refractivity contribution < 1.29 is 4.39 Å². The fourth-order valence-electron chi connectivity index (χ4n) is 3.01. The highest BCUT2D eigenvalue weighted by Crippen LogP contribution is 2.32. The van der Waals surface area contributed by atoms with Crippen molar-refractivity contribution in [2.24, 2.45) is 5.92 Å². The van der Waals surface area contributed by atoms with Gasteiger partial charge in [-0.1, -0.05) is 13.3 Å². The van der Waals surface area contributed by atoms with Crippen LogP contribution in [0, 0.1) is 11.7 Å². The lowest BCUT2D eigenvalue weighted by Crippen LogP contribution is -2.23. The van der Waals surface area contributed by atoms with Crippen molar-refractivity contribution in [2.45, 2.75) is 39.2 Å². The third-order valence-electron chi connectivity index (χ3n) is 4.21. The smallest absolute Gasteiger partial charge is 0.123 e. The molecule has 2 unspecified atom stereocenters. The molecule has 1 heterocycles. The Labute approximate surface area is 116 Å². The number of nitrogens with zero attached hydrogens (tertiary/aromatic N) is 1. The molecule has 2 atom stereocenters. The van der Waals surface area contributed by atoms with Crippen molar-refractivity contribution in [3.8, 4) is 0 Å². The van der Waals surface area contributed by atoms with Crippen LogP contribution in [0.5, 0.6) is 0 Å². The normalized spacial score (nSPS) is 20.8. The summed E-state index contributed by atoms with van der Waals surface area (Å²) in [6, 6.07) is 5.36. The van der Waals surface area contributed by atoms with Gasteiger partial charge in [0.2, 0.25) is 0 Å². The molecule has 2 nitrogen and oxygen atoms in total. The molecule has 0 aliphatic carbocycles. The first kappa shape index (κ1) is 14.3. The van der Waals surface area contributed by atoms with E-state index in [1.165, 1.54) is 24.9 Å². The van der Waals surface area contributed by atoms with Crippen LogP contribution in [0.1, 0.15) is 44.7 Å². The monoisotopic (exact) mass is 264 g/mol. The molecule has 2 rings (SSSR count). The van der Waals surface area contributed by atoms with Crippen molar-refractivity contribution in [3.63, 3.8) is 0 Å². The van der Waals surface area contributed by atoms with Crippen LogP contribution in [-0.4, -0.2) is 20.1 Å². The summed E-state index contributed by atoms with van der Waals surface area (Å²) in [5.41, 5.74) is 2.27. The fourth-order valence-corrected chi connectivity index (χ4v) is 3.01. The zero-order valence-electron chi connectivity index (χ0n) is 12.2. The van der Waals surface area contributed by atoms with E-state index in [1.54, 1.807) is 12.1 Å². The number of anilines is 1. The Bertz CT molecular complexity index is 419. The van der Waals surface area contributed by atoms with Crippen molar-refractivity contribution >= 4 is 5.69 Å². The highest BCUT2D eigenvalue weighted by Gasteiger charge is 2.24. The van der Waals surface area contributed by atoms with Gasteiger partial charge in [0.05, 0.1) is 0 Å². The Morgan fingerprint density at radius 3 is 2.95 bits per heavy atom. The molecular formula is C16H25FN2. The minimum absolute atomic E-state index is 0.148. The minimum Gasteiger partial charge on any atom is -0.371 e. The molecule has 3 heteroatoms. The van der Waals surface area contributed by atoms with Crippen LogP contribution in [0.4, 0.5) is 10.1 Å². The standard InChI is InChI=1S/C16H25FN2/c1-4-5-13-8-9-19(11-13)16-7-6-14(17)10-15(16)12(2)18-3/h6-7,10,12-13,18H,4-5,8-9,11H2,1-3H3. The first-order valence-corrected chi connectivity index (χ1v) is 7.37. The third-order valence-corrected chi connectivity index (χ3v) is 4.21. The van der Waals surface area contributed by atoms with Crippen molar-refractivity contribution in [3.05, 3.63) is 29.6 Å². The summed E-state index contributed by atoms with van der Waals surface area (Å²) in [5.74, 6) is 0.651. The molecule has 1 saturated heterocycles. The summed E-state index contributed by atoms with van der Waals surface area (Å²) in [7, 11) is 1.92. The van der Waals surface area contributed by atoms with Gasteiger partial charge in [-0.25, -0.2) is 4.39 Å². The first-order valence-electron chi connectivity index (χ1n) is 7.37. The Balaban J connectivity index is 2.20. The maximum atomic E-state index is 13.5. The van der Waals surface area contributed by atoms with Gasteiger partial charge in [-0.3, -0.25) is 0 Å². The predicted molar refractivity (Wildman–Crippen MR) is 79.1 cm³/mol. The highest BCUT2D eigenvalue weighted by molar-refractivity contribution is 5.56. The van der Waals surface area contributed by atoms with E-state index in [4.69, 9.17) is 0 Å². The van der Waals surface area contributed by atoms with Crippen LogP contribution < -0.4 is 10.2 Å². The fraction of sp³-hybridized carbons (Fsp3) is 0.625. The van der Waals surface area contributed by atoms with Gasteiger partial charge >= 0.3 is 0 Å². The van der Waals surface area contributed by atoms with Gasteiger partial charge in [-0.05, 0) is 56.5 Å². The number of nitrogens with one attached hydrogen (secondary N) is 1. The minimum atomic E-state index is -0.148. The third kappa shape index (κ3) is 3.27. The van der Waals surface area contributed by atoms with Crippen LogP contribution >= 0.6 is 0 Å². The average molecular weight is 264 g/mol. The molecule has 1 fully saturated rings. The largest absolute Gasteiger partial charge is 0.371 e. The van der Waals surface area contributed by atoms with Gasteiger partial charge < -0.3 is 10.2 Å². The molecular weight excluding hydrogens is 239 g/mol. The van der Waals surface area contributed by atoms with Crippen LogP contribution in [0.3, 0.4) is 0 Å². The van der Waals surface area contributed by atoms with Gasteiger partial charge in [0.25, 0.3) is 0 Å². The second-order valence-electron chi connectivity index (χ2n) is 5.60. The molecule has 0 spiro atoms. The lowest BCUT2D eigenvalue weighted by atomic mass is 10.0. The van der Waals surface area contributed by atoms with Gasteiger partial charge in [0.1, 0.15) is 5.82 Å². The summed E-state index contributed by atoms with van der Waals surface area (Å²) in [5, 5.41) is 3.22. The predicted octanol–water partition coefficient (Wildman–Crippen LogP) is 3.73. The van der Waals surface area contributed by atoms with E-state index in [9.17, 15) is 4.39 Å². The summed E-state index contributed by atoms with van der Waals surface area (Å²) in [6.07, 6.45) is 3.81. The highest BCUT2D eigenvalue weighted by atomic mass is 19.1. The summed E-state index contributed by atoms with van der Waals surface area (Å²) in [4.78, 5) is 2.42. The van der Waals surface area contributed by atoms with Crippen LogP contribution in [0.15, 0.2) is 18.2 Å². The summed E-state index contributed by atoms with van der Waals surface area (Å²) in [6.45, 7) is 6.54. The molecule has 0 saturated carbocycles. The van der Waals surface area contributed by atoms with Gasteiger partial charge in [0, 0.05) is 24.8 Å². The number of hydrogen-bond donors (Lipinski definition) is 1. The number of hydrogen-bond acceptors (Lipinski definition) is 2. The van der Waals surface area contributed by atoms with E-state index in [0.717, 1.165) is 24.6 Å². The van der Waals surface area contributed by atoms with Gasteiger partial charge in [0.15, 0.2) is 0 Å². The lowest BCUT2D eigenvalue weighted by Gasteiger charge is -2.25. The molecule has 0 amide bonds. The molecule has 1 aromatic rings. The number of benzene rings is 1. The number of halogens is 1. The summed E-state index contributed by atoms with van der Waals surface area (Å²) < 4.78 is 13.5. The zero-order valence-corrected chi connectivity index (χ0v) is 12.2.